The number of aliphatic hydroxyl groups excluding tert-OH is 1. The topological polar surface area (TPSA) is 66.8 Å². The predicted octanol–water partition coefficient (Wildman–Crippen LogP) is 3.38. The maximum Gasteiger partial charge on any atom is 0.331 e. The van der Waals surface area contributed by atoms with Gasteiger partial charge in [0.15, 0.2) is 0 Å². The zero-order chi connectivity index (χ0) is 18.9. The maximum atomic E-state index is 12.1. The first kappa shape index (κ1) is 17.9. The Hall–Kier alpha value is -1.13. The van der Waals surface area contributed by atoms with Gasteiger partial charge in [-0.1, -0.05) is 19.1 Å². The van der Waals surface area contributed by atoms with Gasteiger partial charge in [-0.2, -0.15) is 0 Å². The van der Waals surface area contributed by atoms with Crippen LogP contribution in [0, 0.1) is 34.5 Å². The van der Waals surface area contributed by atoms with E-state index in [0.29, 0.717) is 18.4 Å². The second-order valence-electron chi connectivity index (χ2n) is 10.1. The average Bonchev–Trinajstić information content (AvgIpc) is 3.21. The van der Waals surface area contributed by atoms with Crippen LogP contribution in [0.15, 0.2) is 23.8 Å². The molecule has 0 spiro atoms. The minimum atomic E-state index is -0.693. The molecule has 5 aliphatic rings. The van der Waals surface area contributed by atoms with Crippen LogP contribution in [0.3, 0.4) is 0 Å². The number of esters is 1. The van der Waals surface area contributed by atoms with Crippen molar-refractivity contribution in [1.29, 1.82) is 0 Å². The number of hydrogen-bond acceptors (Lipinski definition) is 4. The summed E-state index contributed by atoms with van der Waals surface area (Å²) in [5.74, 6) is 1.13. The molecule has 0 unspecified atom stereocenters. The summed E-state index contributed by atoms with van der Waals surface area (Å²) < 4.78 is 5.19. The van der Waals surface area contributed by atoms with Crippen LogP contribution in [0.25, 0.3) is 0 Å². The highest BCUT2D eigenvalue weighted by Gasteiger charge is 2.67. The van der Waals surface area contributed by atoms with E-state index in [1.54, 1.807) is 6.08 Å². The van der Waals surface area contributed by atoms with E-state index in [-0.39, 0.29) is 35.2 Å². The molecule has 0 amide bonds. The highest BCUT2D eigenvalue weighted by Crippen LogP contribution is 2.69. The maximum absolute atomic E-state index is 12.1. The Bertz CT molecular complexity index is 711. The van der Waals surface area contributed by atoms with E-state index in [0.717, 1.165) is 56.9 Å². The first-order valence-corrected chi connectivity index (χ1v) is 10.8. The molecule has 148 valence electrons. The van der Waals surface area contributed by atoms with E-state index >= 15 is 0 Å². The molecule has 0 aromatic heterocycles. The first-order chi connectivity index (χ1) is 12.9. The van der Waals surface area contributed by atoms with Gasteiger partial charge >= 0.3 is 5.97 Å². The number of ether oxygens (including phenoxy) is 1. The molecule has 0 saturated heterocycles. The lowest BCUT2D eigenvalue weighted by molar-refractivity contribution is -0.206. The summed E-state index contributed by atoms with van der Waals surface area (Å²) in [5, 5.41) is 22.6. The molecular weight excluding hydrogens is 340 g/mol. The van der Waals surface area contributed by atoms with Crippen molar-refractivity contribution < 1.29 is 19.7 Å². The van der Waals surface area contributed by atoms with Gasteiger partial charge in [0.25, 0.3) is 0 Å². The van der Waals surface area contributed by atoms with Crippen LogP contribution in [-0.4, -0.2) is 35.0 Å². The second-order valence-corrected chi connectivity index (χ2v) is 10.1. The molecule has 4 nitrogen and oxygen atoms in total. The van der Waals surface area contributed by atoms with Crippen molar-refractivity contribution >= 4 is 5.97 Å². The first-order valence-electron chi connectivity index (χ1n) is 10.8. The van der Waals surface area contributed by atoms with Crippen LogP contribution in [0.2, 0.25) is 0 Å². The number of rotatable bonds is 2. The smallest absolute Gasteiger partial charge is 0.331 e. The van der Waals surface area contributed by atoms with Crippen molar-refractivity contribution in [2.24, 2.45) is 34.5 Å². The molecule has 4 aliphatic carbocycles. The molecular formula is C23H32O4. The minimum Gasteiger partial charge on any atom is -0.458 e. The third-order valence-electron chi connectivity index (χ3n) is 9.48. The summed E-state index contributed by atoms with van der Waals surface area (Å²) in [6, 6.07) is 0. The number of aliphatic hydroxyl groups is 2. The van der Waals surface area contributed by atoms with Gasteiger partial charge in [0, 0.05) is 23.5 Å². The fourth-order valence-corrected chi connectivity index (χ4v) is 8.08. The lowest BCUT2D eigenvalue weighted by atomic mass is 9.43. The zero-order valence-electron chi connectivity index (χ0n) is 16.3. The van der Waals surface area contributed by atoms with Gasteiger partial charge in [0.1, 0.15) is 6.61 Å². The molecule has 1 aliphatic heterocycles. The molecule has 0 aromatic rings. The van der Waals surface area contributed by atoms with Crippen LogP contribution < -0.4 is 0 Å². The summed E-state index contributed by atoms with van der Waals surface area (Å²) in [6.45, 7) is 2.90. The van der Waals surface area contributed by atoms with Gasteiger partial charge in [-0.15, -0.1) is 0 Å². The Morgan fingerprint density at radius 1 is 1.15 bits per heavy atom. The molecule has 7 atom stereocenters. The van der Waals surface area contributed by atoms with E-state index in [4.69, 9.17) is 4.74 Å². The number of cyclic esters (lactones) is 1. The molecule has 0 radical (unpaired) electrons. The molecule has 3 saturated carbocycles. The standard InChI is InChI=1S/C23H32O4/c1-21-10-7-18-19(6-5-16-4-2-3-9-22(16,18)14-24)23(21,26)11-8-17(21)15-12-20(25)27-13-15/h2,4,12,16-19,24,26H,3,5-11,13-14H2,1H3/t16-,17+,18-,19+,21+,22+,23-/m0/s1. The summed E-state index contributed by atoms with van der Waals surface area (Å²) >= 11 is 0. The Labute approximate surface area is 161 Å². The normalized spacial score (nSPS) is 51.2. The molecule has 27 heavy (non-hydrogen) atoms. The highest BCUT2D eigenvalue weighted by atomic mass is 16.5. The largest absolute Gasteiger partial charge is 0.458 e. The fraction of sp³-hybridized carbons (Fsp3) is 0.783. The van der Waals surface area contributed by atoms with Crippen molar-refractivity contribution in [2.75, 3.05) is 13.2 Å². The molecule has 2 N–H and O–H groups in total. The SMILES string of the molecule is C[C@]12CC[C@H]3[C@@H](CC[C@@H]4C=CCC[C@@]43CO)[C@@]1(O)CC[C@@H]2C1=CC(=O)OC1. The van der Waals surface area contributed by atoms with Gasteiger partial charge in [-0.25, -0.2) is 4.79 Å². The predicted molar refractivity (Wildman–Crippen MR) is 102 cm³/mol. The van der Waals surface area contributed by atoms with Gasteiger partial charge in [-0.3, -0.25) is 0 Å². The fourth-order valence-electron chi connectivity index (χ4n) is 8.08. The van der Waals surface area contributed by atoms with Crippen molar-refractivity contribution in [3.05, 3.63) is 23.8 Å². The van der Waals surface area contributed by atoms with Crippen LogP contribution >= 0.6 is 0 Å². The molecule has 5 rings (SSSR count). The van der Waals surface area contributed by atoms with Gasteiger partial charge in [0.05, 0.1) is 5.60 Å². The van der Waals surface area contributed by atoms with E-state index in [1.807, 2.05) is 0 Å². The quantitative estimate of drug-likeness (QED) is 0.576. The van der Waals surface area contributed by atoms with Crippen molar-refractivity contribution in [3.8, 4) is 0 Å². The molecule has 0 aromatic carbocycles. The van der Waals surface area contributed by atoms with Crippen molar-refractivity contribution in [1.82, 2.24) is 0 Å². The number of fused-ring (bicyclic) bond motifs is 5. The van der Waals surface area contributed by atoms with Crippen LogP contribution in [0.4, 0.5) is 0 Å². The molecule has 3 fully saturated rings. The number of allylic oxidation sites excluding steroid dienone is 2. The van der Waals surface area contributed by atoms with E-state index in [1.165, 1.54) is 0 Å². The van der Waals surface area contributed by atoms with Crippen LogP contribution in [0.1, 0.15) is 58.3 Å². The van der Waals surface area contributed by atoms with Crippen LogP contribution in [0.5, 0.6) is 0 Å². The molecule has 1 heterocycles. The Morgan fingerprint density at radius 2 is 2.00 bits per heavy atom. The zero-order valence-corrected chi connectivity index (χ0v) is 16.3. The monoisotopic (exact) mass is 372 g/mol. The van der Waals surface area contributed by atoms with Gasteiger partial charge in [0.2, 0.25) is 0 Å². The Morgan fingerprint density at radius 3 is 2.74 bits per heavy atom. The lowest BCUT2D eigenvalue weighted by Crippen LogP contribution is -2.62. The van der Waals surface area contributed by atoms with Gasteiger partial charge < -0.3 is 14.9 Å². The highest BCUT2D eigenvalue weighted by molar-refractivity contribution is 5.85. The number of carbonyl (C=O) groups is 1. The number of carbonyl (C=O) groups excluding carboxylic acids is 1. The third-order valence-corrected chi connectivity index (χ3v) is 9.48. The summed E-state index contributed by atoms with van der Waals surface area (Å²) in [7, 11) is 0. The average molecular weight is 373 g/mol. The van der Waals surface area contributed by atoms with Crippen molar-refractivity contribution in [2.45, 2.75) is 63.9 Å². The second kappa shape index (κ2) is 5.93. The van der Waals surface area contributed by atoms with Crippen molar-refractivity contribution in [3.63, 3.8) is 0 Å². The minimum absolute atomic E-state index is 0.0431. The summed E-state index contributed by atoms with van der Waals surface area (Å²) in [4.78, 5) is 11.6. The van der Waals surface area contributed by atoms with Gasteiger partial charge in [-0.05, 0) is 80.6 Å². The van der Waals surface area contributed by atoms with E-state index in [2.05, 4.69) is 19.1 Å². The third kappa shape index (κ3) is 2.20. The Balaban J connectivity index is 1.51. The Kier molecular flexibility index (Phi) is 3.94. The van der Waals surface area contributed by atoms with Crippen LogP contribution in [-0.2, 0) is 9.53 Å². The summed E-state index contributed by atoms with van der Waals surface area (Å²) in [6.07, 6.45) is 14.3. The molecule has 4 heteroatoms. The molecule has 0 bridgehead atoms. The summed E-state index contributed by atoms with van der Waals surface area (Å²) in [5.41, 5.74) is 0.157. The number of hydrogen-bond donors (Lipinski definition) is 2. The van der Waals surface area contributed by atoms with E-state index in [9.17, 15) is 15.0 Å². The van der Waals surface area contributed by atoms with E-state index < -0.39 is 5.60 Å². The lowest BCUT2D eigenvalue weighted by Gasteiger charge is -2.63.